The van der Waals surface area contributed by atoms with Gasteiger partial charge < -0.3 is 14.6 Å². The van der Waals surface area contributed by atoms with Crippen LogP contribution in [0.3, 0.4) is 0 Å². The molecular formula is C16H18O4. The Morgan fingerprint density at radius 2 is 2.20 bits per heavy atom. The van der Waals surface area contributed by atoms with Gasteiger partial charge in [-0.25, -0.2) is 0 Å². The van der Waals surface area contributed by atoms with Gasteiger partial charge in [-0.3, -0.25) is 4.79 Å². The zero-order chi connectivity index (χ0) is 14.5. The van der Waals surface area contributed by atoms with Crippen molar-refractivity contribution in [3.05, 3.63) is 47.7 Å². The third kappa shape index (κ3) is 3.29. The summed E-state index contributed by atoms with van der Waals surface area (Å²) in [7, 11) is 1.63. The van der Waals surface area contributed by atoms with Crippen molar-refractivity contribution in [2.24, 2.45) is 0 Å². The summed E-state index contributed by atoms with van der Waals surface area (Å²) in [6.45, 7) is 3.67. The highest BCUT2D eigenvalue weighted by molar-refractivity contribution is 5.66. The number of carboxylic acid groups (broad SMARTS) is 1. The van der Waals surface area contributed by atoms with Crippen LogP contribution in [0, 0.1) is 0 Å². The molecule has 4 heteroatoms. The topological polar surface area (TPSA) is 55.8 Å². The number of carboxylic acids is 1. The molecule has 0 saturated carbocycles. The van der Waals surface area contributed by atoms with Crippen molar-refractivity contribution in [1.82, 2.24) is 0 Å². The molecule has 0 aromatic heterocycles. The smallest absolute Gasteiger partial charge is 0.303 e. The number of rotatable bonds is 5. The van der Waals surface area contributed by atoms with Gasteiger partial charge in [-0.2, -0.15) is 0 Å². The lowest BCUT2D eigenvalue weighted by Gasteiger charge is -2.13. The molecule has 1 saturated heterocycles. The van der Waals surface area contributed by atoms with Gasteiger partial charge in [-0.1, -0.05) is 18.7 Å². The van der Waals surface area contributed by atoms with E-state index in [-0.39, 0.29) is 18.6 Å². The summed E-state index contributed by atoms with van der Waals surface area (Å²) in [5, 5.41) is 8.76. The molecule has 20 heavy (non-hydrogen) atoms. The standard InChI is InChI=1S/C16H18O4/c1-3-11-10-15(20-14(11)8-9-16(17)18)12-4-6-13(19-2)7-5-12/h4-7,14-15H,1,8-10H2,2H3,(H,17,18). The zero-order valence-electron chi connectivity index (χ0n) is 11.5. The Balaban J connectivity index is 2.07. The minimum Gasteiger partial charge on any atom is -0.497 e. The minimum atomic E-state index is -0.815. The van der Waals surface area contributed by atoms with Gasteiger partial charge in [0.05, 0.1) is 19.3 Å². The lowest BCUT2D eigenvalue weighted by Crippen LogP contribution is -2.10. The Morgan fingerprint density at radius 3 is 2.75 bits per heavy atom. The second-order valence-corrected chi connectivity index (χ2v) is 4.73. The fraction of sp³-hybridized carbons (Fsp3) is 0.375. The lowest BCUT2D eigenvalue weighted by atomic mass is 10.0. The molecule has 1 aliphatic heterocycles. The fourth-order valence-corrected chi connectivity index (χ4v) is 2.36. The van der Waals surface area contributed by atoms with Crippen LogP contribution in [0.15, 0.2) is 42.1 Å². The molecule has 1 fully saturated rings. The van der Waals surface area contributed by atoms with Crippen molar-refractivity contribution in [2.75, 3.05) is 7.11 Å². The molecule has 1 aromatic rings. The van der Waals surface area contributed by atoms with Crippen LogP contribution in [0.5, 0.6) is 5.75 Å². The van der Waals surface area contributed by atoms with Crippen LogP contribution >= 0.6 is 0 Å². The average Bonchev–Trinajstić information content (AvgIpc) is 2.88. The summed E-state index contributed by atoms with van der Waals surface area (Å²) in [4.78, 5) is 10.7. The number of aliphatic carboxylic acids is 1. The molecule has 4 nitrogen and oxygen atoms in total. The summed E-state index contributed by atoms with van der Waals surface area (Å²) in [5.41, 5.74) is 4.89. The Bertz CT molecular complexity index is 526. The quantitative estimate of drug-likeness (QED) is 0.838. The van der Waals surface area contributed by atoms with Crippen LogP contribution in [0.4, 0.5) is 0 Å². The first kappa shape index (κ1) is 14.4. The van der Waals surface area contributed by atoms with Crippen molar-refractivity contribution < 1.29 is 19.4 Å². The number of hydrogen-bond acceptors (Lipinski definition) is 3. The van der Waals surface area contributed by atoms with Crippen LogP contribution in [0.1, 0.15) is 30.9 Å². The second-order valence-electron chi connectivity index (χ2n) is 4.73. The van der Waals surface area contributed by atoms with E-state index in [0.717, 1.165) is 16.9 Å². The largest absolute Gasteiger partial charge is 0.497 e. The van der Waals surface area contributed by atoms with E-state index in [2.05, 4.69) is 12.3 Å². The lowest BCUT2D eigenvalue weighted by molar-refractivity contribution is -0.137. The molecule has 106 valence electrons. The third-order valence-corrected chi connectivity index (χ3v) is 3.46. The van der Waals surface area contributed by atoms with E-state index in [1.54, 1.807) is 7.11 Å². The van der Waals surface area contributed by atoms with Crippen LogP contribution in [-0.4, -0.2) is 24.3 Å². The molecule has 0 radical (unpaired) electrons. The molecule has 1 N–H and O–H groups in total. The first-order valence-electron chi connectivity index (χ1n) is 6.54. The van der Waals surface area contributed by atoms with Crippen molar-refractivity contribution in [1.29, 1.82) is 0 Å². The maximum atomic E-state index is 10.7. The van der Waals surface area contributed by atoms with E-state index >= 15 is 0 Å². The first-order chi connectivity index (χ1) is 9.63. The van der Waals surface area contributed by atoms with E-state index in [9.17, 15) is 4.79 Å². The molecule has 2 rings (SSSR count). The number of methoxy groups -OCH3 is 1. The summed E-state index contributed by atoms with van der Waals surface area (Å²) in [6.07, 6.45) is 0.991. The van der Waals surface area contributed by atoms with E-state index in [1.807, 2.05) is 24.3 Å². The average molecular weight is 274 g/mol. The molecule has 2 unspecified atom stereocenters. The van der Waals surface area contributed by atoms with E-state index in [4.69, 9.17) is 14.6 Å². The van der Waals surface area contributed by atoms with E-state index in [1.165, 1.54) is 0 Å². The van der Waals surface area contributed by atoms with Gasteiger partial charge in [0.15, 0.2) is 0 Å². The van der Waals surface area contributed by atoms with Crippen molar-refractivity contribution in [3.8, 4) is 5.75 Å². The molecule has 0 amide bonds. The molecule has 1 aliphatic rings. The number of hydrogen-bond donors (Lipinski definition) is 1. The SMILES string of the molecule is C=C=C1CC(c2ccc(OC)cc2)OC1CCC(=O)O. The van der Waals surface area contributed by atoms with Gasteiger partial charge in [0, 0.05) is 18.4 Å². The Labute approximate surface area is 118 Å². The molecule has 1 heterocycles. The molecule has 0 bridgehead atoms. The summed E-state index contributed by atoms with van der Waals surface area (Å²) in [6, 6.07) is 7.70. The van der Waals surface area contributed by atoms with Gasteiger partial charge in [0.2, 0.25) is 0 Å². The Hall–Kier alpha value is -2.03. The van der Waals surface area contributed by atoms with Crippen LogP contribution in [0.25, 0.3) is 0 Å². The highest BCUT2D eigenvalue weighted by Gasteiger charge is 2.31. The second kappa shape index (κ2) is 6.42. The van der Waals surface area contributed by atoms with Gasteiger partial charge in [-0.15, -0.1) is 5.73 Å². The van der Waals surface area contributed by atoms with Crippen LogP contribution < -0.4 is 4.74 Å². The summed E-state index contributed by atoms with van der Waals surface area (Å²) in [5.74, 6) is -0.0152. The summed E-state index contributed by atoms with van der Waals surface area (Å²) < 4.78 is 11.1. The van der Waals surface area contributed by atoms with E-state index in [0.29, 0.717) is 12.8 Å². The maximum Gasteiger partial charge on any atom is 0.303 e. The minimum absolute atomic E-state index is 0.0658. The van der Waals surface area contributed by atoms with Crippen LogP contribution in [0.2, 0.25) is 0 Å². The van der Waals surface area contributed by atoms with Crippen molar-refractivity contribution >= 4 is 5.97 Å². The molecule has 2 atom stereocenters. The van der Waals surface area contributed by atoms with Gasteiger partial charge in [0.25, 0.3) is 0 Å². The van der Waals surface area contributed by atoms with Gasteiger partial charge in [0.1, 0.15) is 5.75 Å². The molecule has 0 spiro atoms. The number of carbonyl (C=O) groups is 1. The predicted octanol–water partition coefficient (Wildman–Crippen LogP) is 3.10. The highest BCUT2D eigenvalue weighted by atomic mass is 16.5. The monoisotopic (exact) mass is 274 g/mol. The van der Waals surface area contributed by atoms with E-state index < -0.39 is 5.97 Å². The highest BCUT2D eigenvalue weighted by Crippen LogP contribution is 2.38. The summed E-state index contributed by atoms with van der Waals surface area (Å²) >= 11 is 0. The molecule has 1 aromatic carbocycles. The van der Waals surface area contributed by atoms with Crippen molar-refractivity contribution in [2.45, 2.75) is 31.5 Å². The normalized spacial score (nSPS) is 21.6. The zero-order valence-corrected chi connectivity index (χ0v) is 11.5. The number of benzene rings is 1. The van der Waals surface area contributed by atoms with Gasteiger partial charge in [-0.05, 0) is 24.1 Å². The van der Waals surface area contributed by atoms with Crippen molar-refractivity contribution in [3.63, 3.8) is 0 Å². The molecule has 0 aliphatic carbocycles. The predicted molar refractivity (Wildman–Crippen MR) is 74.7 cm³/mol. The van der Waals surface area contributed by atoms with Gasteiger partial charge >= 0.3 is 5.97 Å². The first-order valence-corrected chi connectivity index (χ1v) is 6.54. The Morgan fingerprint density at radius 1 is 1.50 bits per heavy atom. The maximum absolute atomic E-state index is 10.7. The number of ether oxygens (including phenoxy) is 2. The Kier molecular flexibility index (Phi) is 4.61. The molecular weight excluding hydrogens is 256 g/mol. The third-order valence-electron chi connectivity index (χ3n) is 3.46. The fourth-order valence-electron chi connectivity index (χ4n) is 2.36. The van der Waals surface area contributed by atoms with Crippen LogP contribution in [-0.2, 0) is 9.53 Å².